The van der Waals surface area contributed by atoms with Gasteiger partial charge in [-0.1, -0.05) is 72.8 Å². The zero-order valence-electron chi connectivity index (χ0n) is 16.7. The van der Waals surface area contributed by atoms with E-state index in [1.165, 1.54) is 5.06 Å². The molecule has 0 aromatic heterocycles. The lowest BCUT2D eigenvalue weighted by atomic mass is 9.85. The average Bonchev–Trinajstić information content (AvgIpc) is 3.15. The van der Waals surface area contributed by atoms with Gasteiger partial charge < -0.3 is 0 Å². The Balaban J connectivity index is 1.81. The fourth-order valence-corrected chi connectivity index (χ4v) is 3.99. The van der Waals surface area contributed by atoms with E-state index in [4.69, 9.17) is 4.84 Å². The van der Waals surface area contributed by atoms with Crippen molar-refractivity contribution in [3.63, 3.8) is 0 Å². The molecule has 1 aliphatic heterocycles. The third-order valence-electron chi connectivity index (χ3n) is 5.58. The zero-order chi connectivity index (χ0) is 23.0. The minimum Gasteiger partial charge on any atom is -0.277 e. The molecule has 0 aliphatic carbocycles. The highest BCUT2D eigenvalue weighted by Gasteiger charge is 2.64. The molecule has 2 unspecified atom stereocenters. The van der Waals surface area contributed by atoms with Crippen LogP contribution in [0.1, 0.15) is 34.7 Å². The maximum absolute atomic E-state index is 14.5. The standard InChI is InChI=1S/C24H19F6NO/c25-23(26,27)20-13-7-12-19(14-20)22(24(28,29)30)15-21(18-10-5-2-6-11-18)31(32-22)16-17-8-3-1-4-9-17/h1-14,21H,15-16H2. The lowest BCUT2D eigenvalue weighted by Crippen LogP contribution is -2.43. The molecular formula is C24H19F6NO. The van der Waals surface area contributed by atoms with Crippen LogP contribution in [0, 0.1) is 0 Å². The Labute approximate surface area is 181 Å². The molecule has 1 heterocycles. The van der Waals surface area contributed by atoms with Gasteiger partial charge in [-0.2, -0.15) is 31.4 Å². The van der Waals surface area contributed by atoms with E-state index >= 15 is 0 Å². The van der Waals surface area contributed by atoms with Crippen molar-refractivity contribution in [2.45, 2.75) is 37.0 Å². The van der Waals surface area contributed by atoms with Crippen molar-refractivity contribution < 1.29 is 31.2 Å². The monoisotopic (exact) mass is 451 g/mol. The molecule has 32 heavy (non-hydrogen) atoms. The fourth-order valence-electron chi connectivity index (χ4n) is 3.99. The van der Waals surface area contributed by atoms with Crippen LogP contribution in [0.2, 0.25) is 0 Å². The van der Waals surface area contributed by atoms with Gasteiger partial charge in [0.1, 0.15) is 0 Å². The molecule has 3 aromatic carbocycles. The Hall–Kier alpha value is -2.84. The van der Waals surface area contributed by atoms with Crippen LogP contribution in [0.15, 0.2) is 84.9 Å². The summed E-state index contributed by atoms with van der Waals surface area (Å²) < 4.78 is 83.2. The van der Waals surface area contributed by atoms with Gasteiger partial charge in [-0.3, -0.25) is 4.84 Å². The van der Waals surface area contributed by atoms with Crippen molar-refractivity contribution in [3.8, 4) is 0 Å². The van der Waals surface area contributed by atoms with E-state index in [2.05, 4.69) is 0 Å². The predicted molar refractivity (Wildman–Crippen MR) is 106 cm³/mol. The first-order chi connectivity index (χ1) is 15.1. The van der Waals surface area contributed by atoms with Crippen LogP contribution in [0.3, 0.4) is 0 Å². The number of rotatable bonds is 4. The van der Waals surface area contributed by atoms with E-state index in [0.717, 1.165) is 23.8 Å². The summed E-state index contributed by atoms with van der Waals surface area (Å²) in [6, 6.07) is 19.8. The van der Waals surface area contributed by atoms with Gasteiger partial charge in [0.05, 0.1) is 11.6 Å². The van der Waals surface area contributed by atoms with Gasteiger partial charge in [-0.25, -0.2) is 0 Å². The Morgan fingerprint density at radius 3 is 2.03 bits per heavy atom. The molecule has 1 saturated heterocycles. The van der Waals surface area contributed by atoms with Crippen molar-refractivity contribution in [1.82, 2.24) is 5.06 Å². The number of hydroxylamine groups is 2. The van der Waals surface area contributed by atoms with Gasteiger partial charge in [-0.05, 0) is 28.8 Å². The summed E-state index contributed by atoms with van der Waals surface area (Å²) in [6.07, 6.45) is -10.3. The van der Waals surface area contributed by atoms with Gasteiger partial charge in [0.2, 0.25) is 5.60 Å². The van der Waals surface area contributed by atoms with Crippen molar-refractivity contribution >= 4 is 0 Å². The molecule has 4 rings (SSSR count). The van der Waals surface area contributed by atoms with Crippen LogP contribution in [0.5, 0.6) is 0 Å². The highest BCUT2D eigenvalue weighted by molar-refractivity contribution is 5.34. The van der Waals surface area contributed by atoms with Gasteiger partial charge >= 0.3 is 12.4 Å². The predicted octanol–water partition coefficient (Wildman–Crippen LogP) is 7.04. The van der Waals surface area contributed by atoms with Crippen LogP contribution in [0.4, 0.5) is 26.3 Å². The summed E-state index contributed by atoms with van der Waals surface area (Å²) in [7, 11) is 0. The third-order valence-corrected chi connectivity index (χ3v) is 5.58. The van der Waals surface area contributed by atoms with Crippen molar-refractivity contribution in [2.24, 2.45) is 0 Å². The van der Waals surface area contributed by atoms with Crippen LogP contribution >= 0.6 is 0 Å². The van der Waals surface area contributed by atoms with Crippen LogP contribution in [-0.2, 0) is 23.2 Å². The van der Waals surface area contributed by atoms with Gasteiger partial charge in [0, 0.05) is 13.0 Å². The first-order valence-electron chi connectivity index (χ1n) is 9.89. The maximum Gasteiger partial charge on any atom is 0.423 e. The lowest BCUT2D eigenvalue weighted by Gasteiger charge is -2.32. The maximum atomic E-state index is 14.5. The molecular weight excluding hydrogens is 432 g/mol. The summed E-state index contributed by atoms with van der Waals surface area (Å²) in [5.41, 5.74) is -3.34. The second-order valence-corrected chi connectivity index (χ2v) is 7.69. The Kier molecular flexibility index (Phi) is 5.77. The number of hydrogen-bond donors (Lipinski definition) is 0. The Bertz CT molecular complexity index is 1050. The smallest absolute Gasteiger partial charge is 0.277 e. The first kappa shape index (κ1) is 22.4. The van der Waals surface area contributed by atoms with Crippen LogP contribution in [0.25, 0.3) is 0 Å². The summed E-state index contributed by atoms with van der Waals surface area (Å²) in [5, 5.41) is 1.22. The highest BCUT2D eigenvalue weighted by atomic mass is 19.4. The molecule has 3 aromatic rings. The van der Waals surface area contributed by atoms with E-state index < -0.39 is 41.5 Å². The number of nitrogens with zero attached hydrogens (tertiary/aromatic N) is 1. The normalized spacial score (nSPS) is 22.2. The number of halogens is 6. The fraction of sp³-hybridized carbons (Fsp3) is 0.250. The topological polar surface area (TPSA) is 12.5 Å². The SMILES string of the molecule is FC(F)(F)c1cccc(C2(C(F)(F)F)CC(c3ccccc3)N(Cc3ccccc3)O2)c1. The van der Waals surface area contributed by atoms with Crippen LogP contribution < -0.4 is 0 Å². The van der Waals surface area contributed by atoms with E-state index in [1.54, 1.807) is 60.7 Å². The molecule has 0 N–H and O–H groups in total. The van der Waals surface area contributed by atoms with Gasteiger partial charge in [0.15, 0.2) is 0 Å². The zero-order valence-corrected chi connectivity index (χ0v) is 16.7. The summed E-state index contributed by atoms with van der Waals surface area (Å²) in [6.45, 7) is 0.0389. The highest BCUT2D eigenvalue weighted by Crippen LogP contribution is 2.55. The first-order valence-corrected chi connectivity index (χ1v) is 9.89. The van der Waals surface area contributed by atoms with E-state index in [-0.39, 0.29) is 6.54 Å². The quantitative estimate of drug-likeness (QED) is 0.395. The molecule has 0 radical (unpaired) electrons. The molecule has 2 nitrogen and oxygen atoms in total. The van der Waals surface area contributed by atoms with Crippen LogP contribution in [-0.4, -0.2) is 11.2 Å². The van der Waals surface area contributed by atoms with Gasteiger partial charge in [-0.15, -0.1) is 0 Å². The molecule has 1 fully saturated rings. The summed E-state index contributed by atoms with van der Waals surface area (Å²) in [4.78, 5) is 5.58. The molecule has 0 spiro atoms. The number of alkyl halides is 6. The van der Waals surface area contributed by atoms with Gasteiger partial charge in [0.25, 0.3) is 0 Å². The van der Waals surface area contributed by atoms with Crippen molar-refractivity contribution in [2.75, 3.05) is 0 Å². The summed E-state index contributed by atoms with van der Waals surface area (Å²) in [5.74, 6) is 0. The van der Waals surface area contributed by atoms with E-state index in [0.29, 0.717) is 11.6 Å². The molecule has 8 heteroatoms. The molecule has 0 amide bonds. The number of hydrogen-bond acceptors (Lipinski definition) is 2. The van der Waals surface area contributed by atoms with Crippen molar-refractivity contribution in [1.29, 1.82) is 0 Å². The minimum atomic E-state index is -4.95. The number of benzene rings is 3. The average molecular weight is 451 g/mol. The minimum absolute atomic E-state index is 0.0389. The molecule has 168 valence electrons. The Morgan fingerprint density at radius 2 is 1.44 bits per heavy atom. The second kappa shape index (κ2) is 8.26. The summed E-state index contributed by atoms with van der Waals surface area (Å²) >= 11 is 0. The van der Waals surface area contributed by atoms with E-state index in [1.807, 2.05) is 0 Å². The second-order valence-electron chi connectivity index (χ2n) is 7.69. The molecule has 2 atom stereocenters. The molecule has 1 aliphatic rings. The van der Waals surface area contributed by atoms with Crippen molar-refractivity contribution in [3.05, 3.63) is 107 Å². The third kappa shape index (κ3) is 4.25. The largest absolute Gasteiger partial charge is 0.423 e. The lowest BCUT2D eigenvalue weighted by molar-refractivity contribution is -0.330. The molecule has 0 bridgehead atoms. The Morgan fingerprint density at radius 1 is 0.812 bits per heavy atom. The molecule has 0 saturated carbocycles. The van der Waals surface area contributed by atoms with E-state index in [9.17, 15) is 26.3 Å².